The summed E-state index contributed by atoms with van der Waals surface area (Å²) in [5, 5.41) is 5.38. The summed E-state index contributed by atoms with van der Waals surface area (Å²) in [6, 6.07) is 14.5. The summed E-state index contributed by atoms with van der Waals surface area (Å²) in [4.78, 5) is 29.1. The van der Waals surface area contributed by atoms with Gasteiger partial charge in [0.1, 0.15) is 12.0 Å². The first kappa shape index (κ1) is 22.5. The Morgan fingerprint density at radius 3 is 2.45 bits per heavy atom. The second-order valence-corrected chi connectivity index (χ2v) is 7.96. The van der Waals surface area contributed by atoms with E-state index in [0.29, 0.717) is 16.8 Å². The number of halogens is 2. The molecule has 1 saturated carbocycles. The standard InChI is InChI=1S/C25H24F2N4O2/c26-21-11-17(25(33)31-18-7-8-18)10-19(20(21)12-28)23-9-6-16(13-29-23)24(32)30-14-22(27)15-4-2-1-3-5-15/h1-6,9-11,13,18,22H,7-8,12,14,28H2,(H,30,32)(H,31,33). The van der Waals surface area contributed by atoms with Gasteiger partial charge in [-0.1, -0.05) is 30.3 Å². The minimum absolute atomic E-state index is 0.0764. The molecule has 1 atom stereocenters. The third-order valence-electron chi connectivity index (χ3n) is 5.48. The lowest BCUT2D eigenvalue weighted by atomic mass is 9.99. The number of nitrogens with zero attached hydrogens (tertiary/aromatic N) is 1. The van der Waals surface area contributed by atoms with E-state index in [0.717, 1.165) is 12.8 Å². The van der Waals surface area contributed by atoms with Crippen molar-refractivity contribution in [1.29, 1.82) is 0 Å². The van der Waals surface area contributed by atoms with Crippen LogP contribution in [-0.4, -0.2) is 29.4 Å². The van der Waals surface area contributed by atoms with Crippen molar-refractivity contribution < 1.29 is 18.4 Å². The van der Waals surface area contributed by atoms with Crippen LogP contribution in [0, 0.1) is 5.82 Å². The van der Waals surface area contributed by atoms with Crippen LogP contribution in [0.25, 0.3) is 11.3 Å². The molecular formula is C25H24F2N4O2. The van der Waals surface area contributed by atoms with Crippen molar-refractivity contribution in [2.45, 2.75) is 31.6 Å². The SMILES string of the molecule is NCc1c(F)cc(C(=O)NC2CC2)cc1-c1ccc(C(=O)NCC(F)c2ccccc2)cn1. The van der Waals surface area contributed by atoms with Crippen molar-refractivity contribution in [2.75, 3.05) is 6.54 Å². The Kier molecular flexibility index (Phi) is 6.74. The van der Waals surface area contributed by atoms with E-state index in [1.165, 1.54) is 18.3 Å². The number of amides is 2. The molecule has 3 aromatic rings. The van der Waals surface area contributed by atoms with Gasteiger partial charge in [0, 0.05) is 35.5 Å². The molecule has 8 heteroatoms. The van der Waals surface area contributed by atoms with E-state index < -0.39 is 17.9 Å². The van der Waals surface area contributed by atoms with Gasteiger partial charge in [-0.25, -0.2) is 8.78 Å². The van der Waals surface area contributed by atoms with Crippen LogP contribution in [-0.2, 0) is 6.54 Å². The molecule has 4 N–H and O–H groups in total. The summed E-state index contributed by atoms with van der Waals surface area (Å²) in [5.74, 6) is -1.42. The molecule has 1 aliphatic rings. The number of aromatic nitrogens is 1. The van der Waals surface area contributed by atoms with E-state index in [1.807, 2.05) is 0 Å². The number of nitrogens with one attached hydrogen (secondary N) is 2. The zero-order valence-corrected chi connectivity index (χ0v) is 17.9. The fraction of sp³-hybridized carbons (Fsp3) is 0.240. The van der Waals surface area contributed by atoms with Gasteiger partial charge in [-0.3, -0.25) is 14.6 Å². The molecule has 2 aromatic carbocycles. The van der Waals surface area contributed by atoms with Crippen LogP contribution in [0.3, 0.4) is 0 Å². The molecule has 0 aliphatic heterocycles. The highest BCUT2D eigenvalue weighted by molar-refractivity contribution is 5.96. The van der Waals surface area contributed by atoms with Gasteiger partial charge in [0.2, 0.25) is 0 Å². The van der Waals surface area contributed by atoms with Gasteiger partial charge in [-0.2, -0.15) is 0 Å². The molecule has 4 rings (SSSR count). The summed E-state index contributed by atoms with van der Waals surface area (Å²) in [5.41, 5.74) is 7.62. The average molecular weight is 450 g/mol. The Hall–Kier alpha value is -3.65. The third kappa shape index (κ3) is 5.40. The van der Waals surface area contributed by atoms with Gasteiger partial charge in [-0.05, 0) is 42.7 Å². The van der Waals surface area contributed by atoms with E-state index >= 15 is 0 Å². The molecule has 0 radical (unpaired) electrons. The lowest BCUT2D eigenvalue weighted by molar-refractivity contribution is 0.0937. The van der Waals surface area contributed by atoms with Gasteiger partial charge >= 0.3 is 0 Å². The monoisotopic (exact) mass is 450 g/mol. The highest BCUT2D eigenvalue weighted by Gasteiger charge is 2.25. The third-order valence-corrected chi connectivity index (χ3v) is 5.48. The fourth-order valence-corrected chi connectivity index (χ4v) is 3.45. The lowest BCUT2D eigenvalue weighted by Gasteiger charge is -2.13. The Balaban J connectivity index is 1.49. The van der Waals surface area contributed by atoms with Crippen molar-refractivity contribution in [3.8, 4) is 11.3 Å². The number of hydrogen-bond acceptors (Lipinski definition) is 4. The van der Waals surface area contributed by atoms with E-state index in [4.69, 9.17) is 5.73 Å². The number of nitrogens with two attached hydrogens (primary N) is 1. The largest absolute Gasteiger partial charge is 0.349 e. The average Bonchev–Trinajstić information content (AvgIpc) is 3.66. The molecule has 0 spiro atoms. The molecule has 170 valence electrons. The smallest absolute Gasteiger partial charge is 0.252 e. The molecule has 6 nitrogen and oxygen atoms in total. The maximum absolute atomic E-state index is 14.6. The van der Waals surface area contributed by atoms with Crippen molar-refractivity contribution >= 4 is 11.8 Å². The molecule has 33 heavy (non-hydrogen) atoms. The number of pyridine rings is 1. The summed E-state index contributed by atoms with van der Waals surface area (Å²) in [7, 11) is 0. The molecule has 0 saturated heterocycles. The molecule has 1 aliphatic carbocycles. The summed E-state index contributed by atoms with van der Waals surface area (Å²) in [6.45, 7) is -0.252. The van der Waals surface area contributed by atoms with Crippen LogP contribution in [0.1, 0.15) is 50.9 Å². The van der Waals surface area contributed by atoms with Crippen molar-refractivity contribution in [2.24, 2.45) is 5.73 Å². The van der Waals surface area contributed by atoms with E-state index in [-0.39, 0.29) is 41.7 Å². The second-order valence-electron chi connectivity index (χ2n) is 7.96. The van der Waals surface area contributed by atoms with Gasteiger partial charge in [0.05, 0.1) is 17.8 Å². The number of alkyl halides is 1. The summed E-state index contributed by atoms with van der Waals surface area (Å²) < 4.78 is 28.9. The van der Waals surface area contributed by atoms with Crippen LogP contribution in [0.2, 0.25) is 0 Å². The van der Waals surface area contributed by atoms with Gasteiger partial charge in [-0.15, -0.1) is 0 Å². The van der Waals surface area contributed by atoms with E-state index in [9.17, 15) is 18.4 Å². The fourth-order valence-electron chi connectivity index (χ4n) is 3.45. The van der Waals surface area contributed by atoms with Crippen LogP contribution in [0.15, 0.2) is 60.8 Å². The normalized spacial score (nSPS) is 13.9. The summed E-state index contributed by atoms with van der Waals surface area (Å²) >= 11 is 0. The number of benzene rings is 2. The molecule has 2 amide bonds. The maximum atomic E-state index is 14.6. The Labute approximate surface area is 190 Å². The number of carbonyl (C=O) groups excluding carboxylic acids is 2. The van der Waals surface area contributed by atoms with Gasteiger partial charge in [0.15, 0.2) is 0 Å². The number of carbonyl (C=O) groups is 2. The first-order valence-corrected chi connectivity index (χ1v) is 10.7. The predicted octanol–water partition coefficient (Wildman–Crippen LogP) is 3.68. The molecular weight excluding hydrogens is 426 g/mol. The van der Waals surface area contributed by atoms with Gasteiger partial charge < -0.3 is 16.4 Å². The minimum atomic E-state index is -1.33. The van der Waals surface area contributed by atoms with Crippen LogP contribution in [0.4, 0.5) is 8.78 Å². The summed E-state index contributed by atoms with van der Waals surface area (Å²) in [6.07, 6.45) is 1.83. The first-order chi connectivity index (χ1) is 16.0. The Morgan fingerprint density at radius 1 is 1.06 bits per heavy atom. The second kappa shape index (κ2) is 9.87. The quantitative estimate of drug-likeness (QED) is 0.488. The zero-order valence-electron chi connectivity index (χ0n) is 17.9. The molecule has 1 fully saturated rings. The molecule has 0 bridgehead atoms. The number of hydrogen-bond donors (Lipinski definition) is 3. The zero-order chi connectivity index (χ0) is 23.4. The van der Waals surface area contributed by atoms with Crippen molar-refractivity contribution in [3.63, 3.8) is 0 Å². The molecule has 1 aromatic heterocycles. The topological polar surface area (TPSA) is 97.1 Å². The van der Waals surface area contributed by atoms with Gasteiger partial charge in [0.25, 0.3) is 11.8 Å². The number of rotatable bonds is 8. The maximum Gasteiger partial charge on any atom is 0.252 e. The van der Waals surface area contributed by atoms with Crippen LogP contribution in [0.5, 0.6) is 0 Å². The van der Waals surface area contributed by atoms with Crippen molar-refractivity contribution in [1.82, 2.24) is 15.6 Å². The lowest BCUT2D eigenvalue weighted by Crippen LogP contribution is -2.27. The van der Waals surface area contributed by atoms with Crippen LogP contribution >= 0.6 is 0 Å². The van der Waals surface area contributed by atoms with Crippen LogP contribution < -0.4 is 16.4 Å². The highest BCUT2D eigenvalue weighted by atomic mass is 19.1. The van der Waals surface area contributed by atoms with E-state index in [1.54, 1.807) is 42.5 Å². The van der Waals surface area contributed by atoms with Crippen molar-refractivity contribution in [3.05, 3.63) is 88.9 Å². The highest BCUT2D eigenvalue weighted by Crippen LogP contribution is 2.27. The Bertz CT molecular complexity index is 1150. The first-order valence-electron chi connectivity index (χ1n) is 10.7. The predicted molar refractivity (Wildman–Crippen MR) is 121 cm³/mol. The Morgan fingerprint density at radius 2 is 1.82 bits per heavy atom. The minimum Gasteiger partial charge on any atom is -0.349 e. The molecule has 1 heterocycles. The molecule has 1 unspecified atom stereocenters. The van der Waals surface area contributed by atoms with E-state index in [2.05, 4.69) is 15.6 Å².